The van der Waals surface area contributed by atoms with E-state index in [-0.39, 0.29) is 24.1 Å². The lowest BCUT2D eigenvalue weighted by Crippen LogP contribution is -2.26. The number of anilines is 1. The third-order valence-electron chi connectivity index (χ3n) is 5.59. The molecule has 0 bridgehead atoms. The number of nitrogens with one attached hydrogen (secondary N) is 1. The molecule has 170 valence electrons. The molecular weight excluding hydrogens is 430 g/mol. The van der Waals surface area contributed by atoms with E-state index in [2.05, 4.69) is 10.4 Å². The maximum Gasteiger partial charge on any atom is 0.277 e. The van der Waals surface area contributed by atoms with E-state index in [1.54, 1.807) is 14.0 Å². The third-order valence-corrected chi connectivity index (χ3v) is 5.59. The number of ether oxygens (including phenoxy) is 1. The van der Waals surface area contributed by atoms with Crippen molar-refractivity contribution in [2.75, 3.05) is 12.4 Å². The highest BCUT2D eigenvalue weighted by Gasteiger charge is 2.17. The fraction of sp³-hybridized carbons (Fsp3) is 0.208. The molecule has 0 unspecified atom stereocenters. The lowest BCUT2D eigenvalue weighted by Gasteiger charge is -2.12. The number of halogens is 2. The smallest absolute Gasteiger partial charge is 0.277 e. The summed E-state index contributed by atoms with van der Waals surface area (Å²) < 4.78 is 35.5. The van der Waals surface area contributed by atoms with Gasteiger partial charge in [-0.3, -0.25) is 9.59 Å². The molecule has 0 aliphatic rings. The van der Waals surface area contributed by atoms with E-state index in [9.17, 15) is 18.4 Å². The molecular formula is C24H22F2N4O3. The number of carbonyl (C=O) groups is 1. The summed E-state index contributed by atoms with van der Waals surface area (Å²) in [6.07, 6.45) is 0.0348. The molecule has 2 heterocycles. The van der Waals surface area contributed by atoms with Gasteiger partial charge in [0.2, 0.25) is 5.91 Å². The lowest BCUT2D eigenvalue weighted by atomic mass is 10.1. The first kappa shape index (κ1) is 22.2. The minimum atomic E-state index is -0.736. The van der Waals surface area contributed by atoms with Crippen molar-refractivity contribution in [1.82, 2.24) is 14.2 Å². The van der Waals surface area contributed by atoms with Crippen molar-refractivity contribution >= 4 is 17.2 Å². The summed E-state index contributed by atoms with van der Waals surface area (Å²) in [6, 6.07) is 12.0. The standard InChI is InChI=1S/C24H22F2N4O3/c1-14-18(8-10-22(31)27-21-12-16(25)7-9-19(21)26)24(32)30-23(29(14)2)13-20(28-30)15-5-4-6-17(11-15)33-3/h4-7,9,11-13H,8,10H2,1-3H3,(H,27,31). The molecule has 4 aromatic rings. The summed E-state index contributed by atoms with van der Waals surface area (Å²) in [6.45, 7) is 1.79. The highest BCUT2D eigenvalue weighted by atomic mass is 19.1. The Morgan fingerprint density at radius 3 is 2.70 bits per heavy atom. The maximum absolute atomic E-state index is 13.8. The second kappa shape index (κ2) is 8.85. The van der Waals surface area contributed by atoms with Crippen LogP contribution in [0.15, 0.2) is 53.3 Å². The molecule has 33 heavy (non-hydrogen) atoms. The van der Waals surface area contributed by atoms with Gasteiger partial charge in [0.05, 0.1) is 18.5 Å². The van der Waals surface area contributed by atoms with Gasteiger partial charge in [-0.25, -0.2) is 8.78 Å². The summed E-state index contributed by atoms with van der Waals surface area (Å²) in [4.78, 5) is 25.5. The van der Waals surface area contributed by atoms with Gasteiger partial charge in [0.15, 0.2) is 0 Å². The van der Waals surface area contributed by atoms with Gasteiger partial charge in [-0.2, -0.15) is 9.61 Å². The molecule has 0 radical (unpaired) electrons. The minimum absolute atomic E-state index is 0.0818. The van der Waals surface area contributed by atoms with Gasteiger partial charge in [0, 0.05) is 42.4 Å². The second-order valence-electron chi connectivity index (χ2n) is 7.63. The third kappa shape index (κ3) is 4.34. The molecule has 0 saturated heterocycles. The highest BCUT2D eigenvalue weighted by Crippen LogP contribution is 2.24. The number of methoxy groups -OCH3 is 1. The zero-order valence-electron chi connectivity index (χ0n) is 18.4. The molecule has 4 rings (SSSR count). The van der Waals surface area contributed by atoms with Gasteiger partial charge in [0.25, 0.3) is 5.56 Å². The number of nitrogens with zero attached hydrogens (tertiary/aromatic N) is 3. The fourth-order valence-corrected chi connectivity index (χ4v) is 3.67. The molecule has 0 fully saturated rings. The van der Waals surface area contributed by atoms with Gasteiger partial charge >= 0.3 is 0 Å². The Morgan fingerprint density at radius 2 is 1.94 bits per heavy atom. The Hall–Kier alpha value is -4.01. The van der Waals surface area contributed by atoms with E-state index in [0.717, 1.165) is 23.8 Å². The van der Waals surface area contributed by atoms with Crippen LogP contribution in [0.4, 0.5) is 14.5 Å². The lowest BCUT2D eigenvalue weighted by molar-refractivity contribution is -0.116. The number of carbonyl (C=O) groups excluding carboxylic acids is 1. The average Bonchev–Trinajstić information content (AvgIpc) is 3.26. The summed E-state index contributed by atoms with van der Waals surface area (Å²) in [5.41, 5.74) is 2.54. The van der Waals surface area contributed by atoms with Crippen molar-refractivity contribution in [2.24, 2.45) is 7.05 Å². The summed E-state index contributed by atoms with van der Waals surface area (Å²) in [7, 11) is 3.39. The maximum atomic E-state index is 13.8. The number of amides is 1. The van der Waals surface area contributed by atoms with Crippen LogP contribution in [-0.2, 0) is 18.3 Å². The van der Waals surface area contributed by atoms with Crippen LogP contribution in [0.1, 0.15) is 17.7 Å². The number of fused-ring (bicyclic) bond motifs is 1. The van der Waals surface area contributed by atoms with Crippen LogP contribution < -0.4 is 15.6 Å². The van der Waals surface area contributed by atoms with E-state index in [1.165, 1.54) is 4.52 Å². The molecule has 2 aromatic heterocycles. The molecule has 9 heteroatoms. The average molecular weight is 452 g/mol. The molecule has 0 saturated carbocycles. The van der Waals surface area contributed by atoms with Crippen LogP contribution in [-0.4, -0.2) is 27.2 Å². The number of benzene rings is 2. The normalized spacial score (nSPS) is 11.1. The van der Waals surface area contributed by atoms with E-state index in [0.29, 0.717) is 28.3 Å². The summed E-state index contributed by atoms with van der Waals surface area (Å²) in [5.74, 6) is -1.25. The van der Waals surface area contributed by atoms with Crippen molar-refractivity contribution in [1.29, 1.82) is 0 Å². The van der Waals surface area contributed by atoms with Crippen LogP contribution in [0.2, 0.25) is 0 Å². The van der Waals surface area contributed by atoms with Gasteiger partial charge < -0.3 is 14.6 Å². The SMILES string of the molecule is COc1cccc(-c2cc3n(C)c(C)c(CCC(=O)Nc4cc(F)ccc4F)c(=O)n3n2)c1. The Balaban J connectivity index is 1.62. The second-order valence-corrected chi connectivity index (χ2v) is 7.63. The van der Waals surface area contributed by atoms with E-state index >= 15 is 0 Å². The number of rotatable bonds is 6. The van der Waals surface area contributed by atoms with Crippen molar-refractivity contribution < 1.29 is 18.3 Å². The zero-order chi connectivity index (χ0) is 23.7. The zero-order valence-corrected chi connectivity index (χ0v) is 18.4. The van der Waals surface area contributed by atoms with Crippen molar-refractivity contribution in [3.63, 3.8) is 0 Å². The summed E-state index contributed by atoms with van der Waals surface area (Å²) >= 11 is 0. The Kier molecular flexibility index (Phi) is 5.95. The Bertz CT molecular complexity index is 1430. The predicted octanol–water partition coefficient (Wildman–Crippen LogP) is 3.87. The van der Waals surface area contributed by atoms with Gasteiger partial charge in [-0.05, 0) is 37.6 Å². The molecule has 2 aromatic carbocycles. The van der Waals surface area contributed by atoms with E-state index in [4.69, 9.17) is 4.74 Å². The van der Waals surface area contributed by atoms with Crippen LogP contribution in [0.5, 0.6) is 5.75 Å². The van der Waals surface area contributed by atoms with Gasteiger partial charge in [-0.15, -0.1) is 0 Å². The first-order chi connectivity index (χ1) is 15.8. The molecule has 1 N–H and O–H groups in total. The Labute approximate surface area is 188 Å². The van der Waals surface area contributed by atoms with E-state index < -0.39 is 17.5 Å². The van der Waals surface area contributed by atoms with E-state index in [1.807, 2.05) is 41.9 Å². The topological polar surface area (TPSA) is 77.6 Å². The minimum Gasteiger partial charge on any atom is -0.497 e. The number of hydrogen-bond acceptors (Lipinski definition) is 4. The summed E-state index contributed by atoms with van der Waals surface area (Å²) in [5, 5.41) is 6.82. The molecule has 0 aliphatic heterocycles. The van der Waals surface area contributed by atoms with Gasteiger partial charge in [-0.1, -0.05) is 12.1 Å². The fourth-order valence-electron chi connectivity index (χ4n) is 3.67. The number of hydrogen-bond donors (Lipinski definition) is 1. The molecule has 0 spiro atoms. The van der Waals surface area contributed by atoms with Gasteiger partial charge in [0.1, 0.15) is 23.0 Å². The van der Waals surface area contributed by atoms with Crippen molar-refractivity contribution in [2.45, 2.75) is 19.8 Å². The largest absolute Gasteiger partial charge is 0.497 e. The molecule has 0 aliphatic carbocycles. The van der Waals surface area contributed by atoms with Crippen LogP contribution in [0, 0.1) is 18.6 Å². The Morgan fingerprint density at radius 1 is 1.15 bits per heavy atom. The quantitative estimate of drug-likeness (QED) is 0.482. The molecule has 1 amide bonds. The molecule has 7 nitrogen and oxygen atoms in total. The van der Waals surface area contributed by atoms with Crippen molar-refractivity contribution in [3.05, 3.63) is 81.8 Å². The van der Waals surface area contributed by atoms with Crippen LogP contribution in [0.3, 0.4) is 0 Å². The first-order valence-electron chi connectivity index (χ1n) is 10.3. The number of aromatic nitrogens is 3. The molecule has 0 atom stereocenters. The predicted molar refractivity (Wildman–Crippen MR) is 120 cm³/mol. The van der Waals surface area contributed by atoms with Crippen LogP contribution in [0.25, 0.3) is 16.9 Å². The van der Waals surface area contributed by atoms with Crippen LogP contribution >= 0.6 is 0 Å². The number of aryl methyl sites for hydroxylation is 1. The first-order valence-corrected chi connectivity index (χ1v) is 10.3. The monoisotopic (exact) mass is 452 g/mol. The highest BCUT2D eigenvalue weighted by molar-refractivity contribution is 5.91. The van der Waals surface area contributed by atoms with Crippen molar-refractivity contribution in [3.8, 4) is 17.0 Å².